The van der Waals surface area contributed by atoms with Crippen molar-refractivity contribution in [2.75, 3.05) is 18.4 Å². The van der Waals surface area contributed by atoms with Crippen LogP contribution in [0.25, 0.3) is 11.1 Å². The molecule has 1 aromatic heterocycles. The van der Waals surface area contributed by atoms with Gasteiger partial charge in [-0.2, -0.15) is 0 Å². The van der Waals surface area contributed by atoms with Gasteiger partial charge < -0.3 is 19.4 Å². The van der Waals surface area contributed by atoms with Crippen LogP contribution in [-0.2, 0) is 11.2 Å². The van der Waals surface area contributed by atoms with Gasteiger partial charge in [0, 0.05) is 31.2 Å². The molecular formula is C19H27N3O3. The van der Waals surface area contributed by atoms with Gasteiger partial charge in [-0.25, -0.2) is 9.78 Å². The summed E-state index contributed by atoms with van der Waals surface area (Å²) in [6.07, 6.45) is 2.53. The first-order valence-electron chi connectivity index (χ1n) is 8.98. The number of nitrogens with one attached hydrogen (secondary N) is 1. The van der Waals surface area contributed by atoms with E-state index < -0.39 is 5.60 Å². The second kappa shape index (κ2) is 6.94. The number of oxazole rings is 1. The Labute approximate surface area is 148 Å². The molecule has 3 rings (SSSR count). The van der Waals surface area contributed by atoms with Crippen molar-refractivity contribution in [1.82, 2.24) is 9.88 Å². The van der Waals surface area contributed by atoms with Crippen LogP contribution in [0, 0.1) is 0 Å². The molecule has 1 N–H and O–H groups in total. The molecule has 0 saturated carbocycles. The van der Waals surface area contributed by atoms with Crippen LogP contribution in [0.5, 0.6) is 0 Å². The normalized spacial score (nSPS) is 18.4. The van der Waals surface area contributed by atoms with E-state index in [1.54, 1.807) is 4.90 Å². The Morgan fingerprint density at radius 1 is 1.44 bits per heavy atom. The van der Waals surface area contributed by atoms with Crippen molar-refractivity contribution in [1.29, 1.82) is 0 Å². The van der Waals surface area contributed by atoms with Gasteiger partial charge in [-0.15, -0.1) is 0 Å². The van der Waals surface area contributed by atoms with Gasteiger partial charge in [0.15, 0.2) is 11.5 Å². The Kier molecular flexibility index (Phi) is 4.88. The van der Waals surface area contributed by atoms with Crippen molar-refractivity contribution < 1.29 is 13.9 Å². The molecule has 1 aromatic carbocycles. The average Bonchev–Trinajstić information content (AvgIpc) is 2.96. The summed E-state index contributed by atoms with van der Waals surface area (Å²) in [5.74, 6) is 0.751. The second-order valence-electron chi connectivity index (χ2n) is 7.55. The average molecular weight is 345 g/mol. The molecule has 2 aromatic rings. The molecule has 1 unspecified atom stereocenters. The molecule has 0 spiro atoms. The summed E-state index contributed by atoms with van der Waals surface area (Å²) in [6, 6.07) is 6.15. The van der Waals surface area contributed by atoms with Crippen molar-refractivity contribution in [2.45, 2.75) is 58.6 Å². The summed E-state index contributed by atoms with van der Waals surface area (Å²) >= 11 is 0. The van der Waals surface area contributed by atoms with E-state index in [4.69, 9.17) is 9.15 Å². The minimum atomic E-state index is -0.466. The van der Waals surface area contributed by atoms with Crippen LogP contribution in [-0.4, -0.2) is 40.7 Å². The lowest BCUT2D eigenvalue weighted by atomic mass is 10.1. The summed E-state index contributed by atoms with van der Waals surface area (Å²) in [7, 11) is 0. The standard InChI is InChI=1S/C19H27N3O3/c1-5-17-21-15-11-13(8-9-16(15)24-17)20-14-7-6-10-22(12-14)18(23)25-19(2,3)4/h8-9,11,14,20H,5-7,10,12H2,1-4H3. The molecule has 25 heavy (non-hydrogen) atoms. The van der Waals surface area contributed by atoms with Crippen molar-refractivity contribution in [3.8, 4) is 0 Å². The number of aryl methyl sites for hydroxylation is 1. The van der Waals surface area contributed by atoms with Gasteiger partial charge in [0.25, 0.3) is 0 Å². The fourth-order valence-corrected chi connectivity index (χ4v) is 3.04. The van der Waals surface area contributed by atoms with E-state index in [0.29, 0.717) is 6.54 Å². The summed E-state index contributed by atoms with van der Waals surface area (Å²) < 4.78 is 11.1. The summed E-state index contributed by atoms with van der Waals surface area (Å²) in [5, 5.41) is 3.52. The molecule has 6 heteroatoms. The number of fused-ring (bicyclic) bond motifs is 1. The zero-order chi connectivity index (χ0) is 18.0. The number of carbonyl (C=O) groups is 1. The molecule has 1 aliphatic rings. The molecule has 0 radical (unpaired) electrons. The summed E-state index contributed by atoms with van der Waals surface area (Å²) in [4.78, 5) is 18.5. The number of benzene rings is 1. The number of hydrogen-bond donors (Lipinski definition) is 1. The van der Waals surface area contributed by atoms with Gasteiger partial charge in [0.2, 0.25) is 0 Å². The largest absolute Gasteiger partial charge is 0.444 e. The summed E-state index contributed by atoms with van der Waals surface area (Å²) in [5.41, 5.74) is 2.20. The molecule has 2 heterocycles. The highest BCUT2D eigenvalue weighted by Crippen LogP contribution is 2.23. The lowest BCUT2D eigenvalue weighted by Gasteiger charge is -2.34. The number of piperidine rings is 1. The van der Waals surface area contributed by atoms with E-state index in [9.17, 15) is 4.79 Å². The third kappa shape index (κ3) is 4.44. The highest BCUT2D eigenvalue weighted by molar-refractivity contribution is 5.77. The highest BCUT2D eigenvalue weighted by atomic mass is 16.6. The molecule has 0 bridgehead atoms. The highest BCUT2D eigenvalue weighted by Gasteiger charge is 2.27. The van der Waals surface area contributed by atoms with E-state index in [2.05, 4.69) is 10.3 Å². The Balaban J connectivity index is 1.65. The maximum Gasteiger partial charge on any atom is 0.410 e. The monoisotopic (exact) mass is 345 g/mol. The number of rotatable bonds is 3. The summed E-state index contributed by atoms with van der Waals surface area (Å²) in [6.45, 7) is 9.09. The Hall–Kier alpha value is -2.24. The molecule has 136 valence electrons. The molecule has 1 atom stereocenters. The number of amides is 1. The number of carbonyl (C=O) groups excluding carboxylic acids is 1. The quantitative estimate of drug-likeness (QED) is 0.903. The number of anilines is 1. The van der Waals surface area contributed by atoms with Gasteiger partial charge in [-0.3, -0.25) is 0 Å². The van der Waals surface area contributed by atoms with Crippen LogP contribution in [0.4, 0.5) is 10.5 Å². The first kappa shape index (κ1) is 17.6. The van der Waals surface area contributed by atoms with Crippen LogP contribution < -0.4 is 5.32 Å². The SMILES string of the molecule is CCc1nc2cc(NC3CCCN(C(=O)OC(C)(C)C)C3)ccc2o1. The lowest BCUT2D eigenvalue weighted by molar-refractivity contribution is 0.0206. The van der Waals surface area contributed by atoms with Crippen LogP contribution in [0.1, 0.15) is 46.4 Å². The second-order valence-corrected chi connectivity index (χ2v) is 7.55. The lowest BCUT2D eigenvalue weighted by Crippen LogP contribution is -2.46. The van der Waals surface area contributed by atoms with Crippen molar-refractivity contribution >= 4 is 22.9 Å². The Morgan fingerprint density at radius 3 is 2.96 bits per heavy atom. The first-order chi connectivity index (χ1) is 11.8. The minimum Gasteiger partial charge on any atom is -0.444 e. The van der Waals surface area contributed by atoms with Crippen LogP contribution >= 0.6 is 0 Å². The van der Waals surface area contributed by atoms with E-state index in [0.717, 1.165) is 48.5 Å². The van der Waals surface area contributed by atoms with Crippen molar-refractivity contribution in [3.63, 3.8) is 0 Å². The van der Waals surface area contributed by atoms with Gasteiger partial charge in [0.05, 0.1) is 0 Å². The maximum absolute atomic E-state index is 12.3. The number of nitrogens with zero attached hydrogens (tertiary/aromatic N) is 2. The topological polar surface area (TPSA) is 67.6 Å². The number of ether oxygens (including phenoxy) is 1. The molecule has 1 aliphatic heterocycles. The molecule has 6 nitrogen and oxygen atoms in total. The number of hydrogen-bond acceptors (Lipinski definition) is 5. The third-order valence-corrected chi connectivity index (χ3v) is 4.18. The van der Waals surface area contributed by atoms with E-state index >= 15 is 0 Å². The zero-order valence-electron chi connectivity index (χ0n) is 15.5. The zero-order valence-corrected chi connectivity index (χ0v) is 15.5. The van der Waals surface area contributed by atoms with E-state index in [1.807, 2.05) is 45.9 Å². The van der Waals surface area contributed by atoms with Gasteiger partial charge in [0.1, 0.15) is 11.1 Å². The fraction of sp³-hybridized carbons (Fsp3) is 0.579. The number of aromatic nitrogens is 1. The van der Waals surface area contributed by atoms with Crippen molar-refractivity contribution in [2.24, 2.45) is 0 Å². The van der Waals surface area contributed by atoms with Crippen molar-refractivity contribution in [3.05, 3.63) is 24.1 Å². The third-order valence-electron chi connectivity index (χ3n) is 4.18. The van der Waals surface area contributed by atoms with Crippen LogP contribution in [0.15, 0.2) is 22.6 Å². The van der Waals surface area contributed by atoms with Crippen LogP contribution in [0.3, 0.4) is 0 Å². The fourth-order valence-electron chi connectivity index (χ4n) is 3.04. The molecular weight excluding hydrogens is 318 g/mol. The number of likely N-dealkylation sites (tertiary alicyclic amines) is 1. The van der Waals surface area contributed by atoms with Gasteiger partial charge in [-0.1, -0.05) is 6.92 Å². The molecule has 1 fully saturated rings. The van der Waals surface area contributed by atoms with E-state index in [-0.39, 0.29) is 12.1 Å². The Morgan fingerprint density at radius 2 is 2.24 bits per heavy atom. The van der Waals surface area contributed by atoms with Gasteiger partial charge >= 0.3 is 6.09 Å². The predicted octanol–water partition coefficient (Wildman–Crippen LogP) is 4.20. The minimum absolute atomic E-state index is 0.205. The maximum atomic E-state index is 12.3. The van der Waals surface area contributed by atoms with Gasteiger partial charge in [-0.05, 0) is 51.8 Å². The molecule has 1 saturated heterocycles. The predicted molar refractivity (Wildman–Crippen MR) is 97.8 cm³/mol. The molecule has 0 aliphatic carbocycles. The van der Waals surface area contributed by atoms with E-state index in [1.165, 1.54) is 0 Å². The van der Waals surface area contributed by atoms with Crippen LogP contribution in [0.2, 0.25) is 0 Å². The smallest absolute Gasteiger partial charge is 0.410 e. The Bertz CT molecular complexity index is 748. The molecule has 1 amide bonds. The first-order valence-corrected chi connectivity index (χ1v) is 8.98.